The van der Waals surface area contributed by atoms with Gasteiger partial charge in [0.1, 0.15) is 17.7 Å². The third-order valence-corrected chi connectivity index (χ3v) is 5.46. The summed E-state index contributed by atoms with van der Waals surface area (Å²) in [5.41, 5.74) is 4.90. The molecular formula is C28H16N4. The van der Waals surface area contributed by atoms with Crippen molar-refractivity contribution in [1.82, 2.24) is 9.97 Å². The largest absolute Gasteiger partial charge is 0.256 e. The molecule has 4 heteroatoms. The first kappa shape index (κ1) is 19.2. The van der Waals surface area contributed by atoms with E-state index in [1.807, 2.05) is 78.9 Å². The number of nitriles is 2. The third-order valence-electron chi connectivity index (χ3n) is 5.46. The van der Waals surface area contributed by atoms with Crippen LogP contribution in [0.1, 0.15) is 11.1 Å². The van der Waals surface area contributed by atoms with Gasteiger partial charge < -0.3 is 0 Å². The van der Waals surface area contributed by atoms with Gasteiger partial charge in [-0.3, -0.25) is 9.97 Å². The van der Waals surface area contributed by atoms with E-state index >= 15 is 0 Å². The highest BCUT2D eigenvalue weighted by molar-refractivity contribution is 6.06. The maximum Gasteiger partial charge on any atom is 0.138 e. The quantitative estimate of drug-likeness (QED) is 0.259. The number of pyridine rings is 2. The fraction of sp³-hybridized carbons (Fsp3) is 0. The fourth-order valence-corrected chi connectivity index (χ4v) is 3.98. The molecule has 0 saturated heterocycles. The Labute approximate surface area is 185 Å². The molecule has 0 N–H and O–H groups in total. The summed E-state index contributed by atoms with van der Waals surface area (Å²) in [6.45, 7) is 0. The molecule has 0 aliphatic rings. The molecule has 0 bridgehead atoms. The molecule has 5 aromatic rings. The predicted molar refractivity (Wildman–Crippen MR) is 126 cm³/mol. The lowest BCUT2D eigenvalue weighted by Gasteiger charge is -2.12. The molecule has 32 heavy (non-hydrogen) atoms. The molecule has 0 aliphatic heterocycles. The molecule has 148 valence electrons. The van der Waals surface area contributed by atoms with Crippen LogP contribution in [0.25, 0.3) is 38.5 Å². The Bertz CT molecular complexity index is 1570. The molecule has 0 saturated carbocycles. The van der Waals surface area contributed by atoms with E-state index in [4.69, 9.17) is 0 Å². The smallest absolute Gasteiger partial charge is 0.138 e. The van der Waals surface area contributed by atoms with Crippen molar-refractivity contribution in [2.75, 3.05) is 0 Å². The van der Waals surface area contributed by atoms with E-state index in [2.05, 4.69) is 28.2 Å². The van der Waals surface area contributed by atoms with Crippen molar-refractivity contribution in [3.8, 4) is 23.4 Å². The summed E-state index contributed by atoms with van der Waals surface area (Å²) in [5, 5.41) is 22.5. The van der Waals surface area contributed by atoms with Crippen LogP contribution >= 0.6 is 0 Å². The number of hydrogen-bond acceptors (Lipinski definition) is 4. The van der Waals surface area contributed by atoms with E-state index in [0.717, 1.165) is 44.1 Å². The van der Waals surface area contributed by atoms with Crippen molar-refractivity contribution in [1.29, 1.82) is 10.5 Å². The maximum absolute atomic E-state index is 9.74. The summed E-state index contributed by atoms with van der Waals surface area (Å²) >= 11 is 0. The standard InChI is InChI=1S/C28H16N4/c29-17-24(18-30)27(22-6-3-5-21(15-22)26-8-1-2-13-31-26)23-12-10-19-9-11-20-7-4-14-32-28(20)25(19)16-23/h1-16H. The lowest BCUT2D eigenvalue weighted by Crippen LogP contribution is -1.94. The minimum absolute atomic E-state index is 0.0655. The normalized spacial score (nSPS) is 10.4. The number of benzene rings is 3. The first-order valence-corrected chi connectivity index (χ1v) is 10.1. The van der Waals surface area contributed by atoms with Crippen LogP contribution in [0.4, 0.5) is 0 Å². The number of allylic oxidation sites excluding steroid dienone is 1. The fourth-order valence-electron chi connectivity index (χ4n) is 3.98. The van der Waals surface area contributed by atoms with Crippen LogP contribution in [0.2, 0.25) is 0 Å². The van der Waals surface area contributed by atoms with Crippen molar-refractivity contribution >= 4 is 27.2 Å². The Kier molecular flexibility index (Phi) is 4.88. The van der Waals surface area contributed by atoms with Gasteiger partial charge in [-0.05, 0) is 46.8 Å². The van der Waals surface area contributed by atoms with Crippen LogP contribution in [0, 0.1) is 22.7 Å². The van der Waals surface area contributed by atoms with E-state index in [0.29, 0.717) is 5.57 Å². The molecule has 0 radical (unpaired) electrons. The van der Waals surface area contributed by atoms with Gasteiger partial charge in [-0.1, -0.05) is 54.6 Å². The summed E-state index contributed by atoms with van der Waals surface area (Å²) in [5.74, 6) is 0. The Balaban J connectivity index is 1.76. The molecule has 5 rings (SSSR count). The highest BCUT2D eigenvalue weighted by Gasteiger charge is 2.15. The highest BCUT2D eigenvalue weighted by Crippen LogP contribution is 2.33. The molecule has 0 aliphatic carbocycles. The number of nitrogens with zero attached hydrogens (tertiary/aromatic N) is 4. The van der Waals surface area contributed by atoms with Crippen molar-refractivity contribution in [3.05, 3.63) is 114 Å². The highest BCUT2D eigenvalue weighted by atomic mass is 14.7. The van der Waals surface area contributed by atoms with Gasteiger partial charge >= 0.3 is 0 Å². The second kappa shape index (κ2) is 8.14. The van der Waals surface area contributed by atoms with Crippen LogP contribution in [-0.4, -0.2) is 9.97 Å². The molecule has 4 nitrogen and oxygen atoms in total. The molecular weight excluding hydrogens is 392 g/mol. The first-order chi connectivity index (χ1) is 15.8. The lowest BCUT2D eigenvalue weighted by molar-refractivity contribution is 1.32. The van der Waals surface area contributed by atoms with E-state index in [1.165, 1.54) is 0 Å². The van der Waals surface area contributed by atoms with Crippen LogP contribution < -0.4 is 0 Å². The van der Waals surface area contributed by atoms with Gasteiger partial charge in [-0.25, -0.2) is 0 Å². The zero-order valence-electron chi connectivity index (χ0n) is 17.0. The van der Waals surface area contributed by atoms with Crippen LogP contribution in [-0.2, 0) is 0 Å². The third kappa shape index (κ3) is 3.37. The van der Waals surface area contributed by atoms with Gasteiger partial charge in [-0.15, -0.1) is 0 Å². The van der Waals surface area contributed by atoms with Crippen LogP contribution in [0.15, 0.2) is 103 Å². The summed E-state index contributed by atoms with van der Waals surface area (Å²) in [6, 6.07) is 31.7. The SMILES string of the molecule is N#CC(C#N)=C(c1cccc(-c2ccccn2)c1)c1ccc2ccc3cccnc3c2c1. The zero-order valence-corrected chi connectivity index (χ0v) is 17.0. The van der Waals surface area contributed by atoms with E-state index in [9.17, 15) is 10.5 Å². The van der Waals surface area contributed by atoms with Gasteiger partial charge in [-0.2, -0.15) is 10.5 Å². The summed E-state index contributed by atoms with van der Waals surface area (Å²) in [7, 11) is 0. The second-order valence-corrected chi connectivity index (χ2v) is 7.35. The van der Waals surface area contributed by atoms with E-state index in [-0.39, 0.29) is 5.57 Å². The number of fused-ring (bicyclic) bond motifs is 3. The van der Waals surface area contributed by atoms with Crippen molar-refractivity contribution in [3.63, 3.8) is 0 Å². The Morgan fingerprint density at radius 3 is 2.25 bits per heavy atom. The Hall–Kier alpha value is -4.80. The minimum atomic E-state index is 0.0655. The van der Waals surface area contributed by atoms with Crippen molar-refractivity contribution in [2.24, 2.45) is 0 Å². The lowest BCUT2D eigenvalue weighted by atomic mass is 9.90. The van der Waals surface area contributed by atoms with Gasteiger partial charge in [0.15, 0.2) is 0 Å². The van der Waals surface area contributed by atoms with Gasteiger partial charge in [0, 0.05) is 34.3 Å². The molecule has 0 atom stereocenters. The van der Waals surface area contributed by atoms with Gasteiger partial charge in [0.05, 0.1) is 11.2 Å². The van der Waals surface area contributed by atoms with E-state index < -0.39 is 0 Å². The molecule has 0 spiro atoms. The minimum Gasteiger partial charge on any atom is -0.256 e. The number of rotatable bonds is 3. The number of aromatic nitrogens is 2. The first-order valence-electron chi connectivity index (χ1n) is 10.1. The molecule has 0 unspecified atom stereocenters. The summed E-state index contributed by atoms with van der Waals surface area (Å²) in [4.78, 5) is 9.00. The van der Waals surface area contributed by atoms with Gasteiger partial charge in [0.25, 0.3) is 0 Å². The van der Waals surface area contributed by atoms with Crippen molar-refractivity contribution < 1.29 is 0 Å². The Morgan fingerprint density at radius 1 is 0.656 bits per heavy atom. The molecule has 0 amide bonds. The topological polar surface area (TPSA) is 73.4 Å². The van der Waals surface area contributed by atoms with Crippen LogP contribution in [0.3, 0.4) is 0 Å². The van der Waals surface area contributed by atoms with Crippen LogP contribution in [0.5, 0.6) is 0 Å². The Morgan fingerprint density at radius 2 is 1.44 bits per heavy atom. The molecule has 0 fully saturated rings. The molecule has 2 heterocycles. The number of hydrogen-bond donors (Lipinski definition) is 0. The zero-order chi connectivity index (χ0) is 21.9. The van der Waals surface area contributed by atoms with E-state index in [1.54, 1.807) is 12.4 Å². The second-order valence-electron chi connectivity index (χ2n) is 7.35. The predicted octanol–water partition coefficient (Wildman–Crippen LogP) is 6.30. The van der Waals surface area contributed by atoms with Gasteiger partial charge in [0.2, 0.25) is 0 Å². The average molecular weight is 408 g/mol. The average Bonchev–Trinajstić information content (AvgIpc) is 2.87. The summed E-state index contributed by atoms with van der Waals surface area (Å²) in [6.07, 6.45) is 3.52. The van der Waals surface area contributed by atoms with Crippen molar-refractivity contribution in [2.45, 2.75) is 0 Å². The maximum atomic E-state index is 9.74. The molecule has 3 aromatic carbocycles. The monoisotopic (exact) mass is 408 g/mol. The summed E-state index contributed by atoms with van der Waals surface area (Å²) < 4.78 is 0. The molecule has 2 aromatic heterocycles.